The van der Waals surface area contributed by atoms with Crippen molar-refractivity contribution in [2.45, 2.75) is 66.4 Å². The van der Waals surface area contributed by atoms with Gasteiger partial charge in [0.2, 0.25) is 0 Å². The molecule has 0 fully saturated rings. The summed E-state index contributed by atoms with van der Waals surface area (Å²) in [4.78, 5) is 0. The highest BCUT2D eigenvalue weighted by Gasteiger charge is 1.99. The lowest BCUT2D eigenvalue weighted by molar-refractivity contribution is 0.102. The standard InChI is InChI=1S/C12H18O.C4H10O.C3H6.H2/c1-4-5-6-11-8-7-10(2)12(9-11)13-3;1-4(2,3)5;1-3-2;/h7-9H,4-6H2,1-3H3;5H,1-3H3;3H,1H2,2H3;1H. The molecule has 2 nitrogen and oxygen atoms in total. The molecule has 1 aromatic rings. The van der Waals surface area contributed by atoms with E-state index in [1.54, 1.807) is 34.0 Å². The minimum atomic E-state index is -0.500. The van der Waals surface area contributed by atoms with Gasteiger partial charge in [-0.2, -0.15) is 0 Å². The zero-order valence-corrected chi connectivity index (χ0v) is 15.0. The highest BCUT2D eigenvalue weighted by Crippen LogP contribution is 2.19. The molecule has 0 bridgehead atoms. The van der Waals surface area contributed by atoms with Crippen LogP contribution in [0, 0.1) is 6.92 Å². The van der Waals surface area contributed by atoms with Crippen molar-refractivity contribution in [2.24, 2.45) is 0 Å². The van der Waals surface area contributed by atoms with Crippen LogP contribution in [0.4, 0.5) is 0 Å². The number of aliphatic hydroxyl groups is 1. The van der Waals surface area contributed by atoms with Crippen molar-refractivity contribution in [3.63, 3.8) is 0 Å². The molecule has 1 aromatic carbocycles. The van der Waals surface area contributed by atoms with Crippen LogP contribution in [0.2, 0.25) is 0 Å². The molecule has 0 radical (unpaired) electrons. The van der Waals surface area contributed by atoms with Crippen LogP contribution in [0.25, 0.3) is 0 Å². The maximum Gasteiger partial charge on any atom is 0.122 e. The van der Waals surface area contributed by atoms with Gasteiger partial charge in [0.1, 0.15) is 5.75 Å². The van der Waals surface area contributed by atoms with E-state index >= 15 is 0 Å². The fourth-order valence-electron chi connectivity index (χ4n) is 1.40. The predicted octanol–water partition coefficient (Wildman–Crippen LogP) is 5.56. The largest absolute Gasteiger partial charge is 0.496 e. The summed E-state index contributed by atoms with van der Waals surface area (Å²) >= 11 is 0. The molecule has 0 heterocycles. The van der Waals surface area contributed by atoms with E-state index in [9.17, 15) is 0 Å². The molecule has 0 spiro atoms. The van der Waals surface area contributed by atoms with Gasteiger partial charge in [0.05, 0.1) is 12.7 Å². The van der Waals surface area contributed by atoms with Gasteiger partial charge in [0.25, 0.3) is 0 Å². The minimum absolute atomic E-state index is 0. The fourth-order valence-corrected chi connectivity index (χ4v) is 1.40. The Morgan fingerprint density at radius 1 is 1.33 bits per heavy atom. The Morgan fingerprint density at radius 3 is 2.19 bits per heavy atom. The summed E-state index contributed by atoms with van der Waals surface area (Å²) in [5, 5.41) is 8.52. The zero-order valence-electron chi connectivity index (χ0n) is 15.0. The highest BCUT2D eigenvalue weighted by atomic mass is 16.5. The lowest BCUT2D eigenvalue weighted by atomic mass is 10.1. The first-order valence-corrected chi connectivity index (χ1v) is 7.62. The molecule has 0 atom stereocenters. The Balaban J connectivity index is -0.000000339. The molecule has 0 aliphatic carbocycles. The van der Waals surface area contributed by atoms with Crippen molar-refractivity contribution >= 4 is 0 Å². The van der Waals surface area contributed by atoms with E-state index in [-0.39, 0.29) is 1.43 Å². The van der Waals surface area contributed by atoms with E-state index in [4.69, 9.17) is 9.84 Å². The van der Waals surface area contributed by atoms with E-state index < -0.39 is 5.60 Å². The molecular weight excluding hydrogens is 260 g/mol. The summed E-state index contributed by atoms with van der Waals surface area (Å²) in [6.07, 6.45) is 5.41. The Labute approximate surface area is 133 Å². The second kappa shape index (κ2) is 12.5. The number of hydrogen-bond acceptors (Lipinski definition) is 2. The number of ether oxygens (including phenoxy) is 1. The van der Waals surface area contributed by atoms with Gasteiger partial charge < -0.3 is 9.84 Å². The average Bonchev–Trinajstić information content (AvgIpc) is 2.37. The van der Waals surface area contributed by atoms with Crippen LogP contribution in [0.1, 0.15) is 60.0 Å². The summed E-state index contributed by atoms with van der Waals surface area (Å²) in [5.74, 6) is 1.01. The number of hydrogen-bond donors (Lipinski definition) is 1. The van der Waals surface area contributed by atoms with E-state index in [2.05, 4.69) is 38.6 Å². The van der Waals surface area contributed by atoms with Crippen molar-refractivity contribution in [3.8, 4) is 5.75 Å². The van der Waals surface area contributed by atoms with Crippen LogP contribution in [-0.4, -0.2) is 17.8 Å². The molecule has 0 aromatic heterocycles. The van der Waals surface area contributed by atoms with Gasteiger partial charge in [0.15, 0.2) is 0 Å². The first-order valence-electron chi connectivity index (χ1n) is 7.62. The first kappa shape index (κ1) is 22.0. The molecule has 124 valence electrons. The number of rotatable bonds is 4. The van der Waals surface area contributed by atoms with Crippen LogP contribution >= 0.6 is 0 Å². The lowest BCUT2D eigenvalue weighted by Gasteiger charge is -2.06. The van der Waals surface area contributed by atoms with Crippen LogP contribution < -0.4 is 4.74 Å². The van der Waals surface area contributed by atoms with Gasteiger partial charge in [-0.05, 0) is 64.7 Å². The van der Waals surface area contributed by atoms with E-state index in [1.807, 2.05) is 6.92 Å². The maximum atomic E-state index is 8.52. The number of methoxy groups -OCH3 is 1. The average molecular weight is 296 g/mol. The predicted molar refractivity (Wildman–Crippen MR) is 96.3 cm³/mol. The first-order chi connectivity index (χ1) is 9.69. The summed E-state index contributed by atoms with van der Waals surface area (Å²) in [6, 6.07) is 6.46. The summed E-state index contributed by atoms with van der Waals surface area (Å²) in [5.41, 5.74) is 2.09. The summed E-state index contributed by atoms with van der Waals surface area (Å²) < 4.78 is 5.27. The highest BCUT2D eigenvalue weighted by molar-refractivity contribution is 5.36. The third-order valence-electron chi connectivity index (χ3n) is 2.29. The molecule has 21 heavy (non-hydrogen) atoms. The Bertz CT molecular complexity index is 376. The second-order valence-corrected chi connectivity index (χ2v) is 5.99. The van der Waals surface area contributed by atoms with Gasteiger partial charge in [-0.1, -0.05) is 31.6 Å². The van der Waals surface area contributed by atoms with Gasteiger partial charge in [-0.3, -0.25) is 0 Å². The van der Waals surface area contributed by atoms with Crippen molar-refractivity contribution < 1.29 is 11.3 Å². The van der Waals surface area contributed by atoms with Crippen molar-refractivity contribution in [1.29, 1.82) is 0 Å². The van der Waals surface area contributed by atoms with Gasteiger partial charge in [0, 0.05) is 1.43 Å². The molecule has 0 aliphatic rings. The molecule has 0 saturated heterocycles. The molecule has 0 saturated carbocycles. The minimum Gasteiger partial charge on any atom is -0.496 e. The Hall–Kier alpha value is -1.28. The summed E-state index contributed by atoms with van der Waals surface area (Å²) in [7, 11) is 1.73. The monoisotopic (exact) mass is 296 g/mol. The quantitative estimate of drug-likeness (QED) is 0.737. The van der Waals surface area contributed by atoms with E-state index in [0.717, 1.165) is 12.2 Å². The second-order valence-electron chi connectivity index (χ2n) is 5.99. The normalized spacial score (nSPS) is 9.71. The summed E-state index contributed by atoms with van der Waals surface area (Å²) in [6.45, 7) is 14.8. The molecule has 2 heteroatoms. The molecule has 1 rings (SSSR count). The van der Waals surface area contributed by atoms with Crippen LogP contribution in [-0.2, 0) is 6.42 Å². The molecular formula is C19H36O2. The molecule has 0 unspecified atom stereocenters. The maximum absolute atomic E-state index is 8.52. The topological polar surface area (TPSA) is 29.5 Å². The van der Waals surface area contributed by atoms with Crippen molar-refractivity contribution in [3.05, 3.63) is 42.0 Å². The van der Waals surface area contributed by atoms with Gasteiger partial charge in [-0.15, -0.1) is 6.58 Å². The van der Waals surface area contributed by atoms with E-state index in [0.29, 0.717) is 0 Å². The van der Waals surface area contributed by atoms with Crippen LogP contribution in [0.15, 0.2) is 30.9 Å². The number of benzene rings is 1. The molecule has 1 N–H and O–H groups in total. The zero-order chi connectivity index (χ0) is 16.9. The van der Waals surface area contributed by atoms with E-state index in [1.165, 1.54) is 24.0 Å². The number of allylic oxidation sites excluding steroid dienone is 1. The van der Waals surface area contributed by atoms with Gasteiger partial charge in [-0.25, -0.2) is 0 Å². The lowest BCUT2D eigenvalue weighted by Crippen LogP contribution is -2.10. The SMILES string of the molecule is C=CC.CC(C)(C)O.CCCCc1ccc(C)c(OC)c1.[HH]. The van der Waals surface area contributed by atoms with Crippen LogP contribution in [0.5, 0.6) is 5.75 Å². The number of unbranched alkanes of at least 4 members (excludes halogenated alkanes) is 1. The van der Waals surface area contributed by atoms with Crippen LogP contribution in [0.3, 0.4) is 0 Å². The fraction of sp³-hybridized carbons (Fsp3) is 0.579. The van der Waals surface area contributed by atoms with Gasteiger partial charge >= 0.3 is 0 Å². The van der Waals surface area contributed by atoms with Crippen molar-refractivity contribution in [2.75, 3.05) is 7.11 Å². The Morgan fingerprint density at radius 2 is 1.81 bits per heavy atom. The third-order valence-corrected chi connectivity index (χ3v) is 2.29. The Kier molecular flexibility index (Phi) is 13.1. The number of aryl methyl sites for hydroxylation is 2. The molecule has 0 aliphatic heterocycles. The third kappa shape index (κ3) is 16.7. The van der Waals surface area contributed by atoms with Crippen molar-refractivity contribution in [1.82, 2.24) is 0 Å². The molecule has 0 amide bonds. The smallest absolute Gasteiger partial charge is 0.122 e.